The third-order valence-corrected chi connectivity index (χ3v) is 4.78. The minimum Gasteiger partial charge on any atom is -0.338 e. The Morgan fingerprint density at radius 1 is 1.07 bits per heavy atom. The Labute approximate surface area is 170 Å². The van der Waals surface area contributed by atoms with Crippen LogP contribution in [0, 0.1) is 10.1 Å². The van der Waals surface area contributed by atoms with Gasteiger partial charge in [0.1, 0.15) is 0 Å². The number of hydrogen-bond donors (Lipinski definition) is 2. The Morgan fingerprint density at radius 3 is 2.52 bits per heavy atom. The van der Waals surface area contributed by atoms with Gasteiger partial charge in [-0.3, -0.25) is 24.6 Å². The van der Waals surface area contributed by atoms with E-state index >= 15 is 0 Å². The van der Waals surface area contributed by atoms with Gasteiger partial charge in [0.05, 0.1) is 16.1 Å². The molecule has 2 aromatic rings. The molecule has 9 nitrogen and oxygen atoms in total. The van der Waals surface area contributed by atoms with E-state index in [9.17, 15) is 24.5 Å². The summed E-state index contributed by atoms with van der Waals surface area (Å²) in [7, 11) is 0. The van der Waals surface area contributed by atoms with Crippen molar-refractivity contribution in [2.24, 2.45) is 0 Å². The molecule has 1 aliphatic rings. The number of benzene rings is 2. The van der Waals surface area contributed by atoms with Crippen LogP contribution in [0.25, 0.3) is 0 Å². The minimum absolute atomic E-state index is 0.0228. The molecule has 0 atom stereocenters. The number of nitrogens with zero attached hydrogens (tertiary/aromatic N) is 2. The fraction of sp³-hybridized carbons (Fsp3) is 0.211. The number of urea groups is 1. The van der Waals surface area contributed by atoms with E-state index in [0.717, 1.165) is 16.5 Å². The molecular formula is C19H17ClN4O5. The van der Waals surface area contributed by atoms with Crippen molar-refractivity contribution in [3.63, 3.8) is 0 Å². The predicted molar refractivity (Wildman–Crippen MR) is 105 cm³/mol. The molecule has 0 saturated carbocycles. The number of halogens is 1. The molecule has 2 aromatic carbocycles. The van der Waals surface area contributed by atoms with Gasteiger partial charge >= 0.3 is 6.03 Å². The third-order valence-electron chi connectivity index (χ3n) is 4.41. The molecule has 10 heteroatoms. The second-order valence-electron chi connectivity index (χ2n) is 6.30. The number of carbonyl (C=O) groups is 3. The number of nitro benzene ring substituents is 1. The Morgan fingerprint density at radius 2 is 1.79 bits per heavy atom. The van der Waals surface area contributed by atoms with Gasteiger partial charge in [0.25, 0.3) is 17.5 Å². The van der Waals surface area contributed by atoms with E-state index in [4.69, 9.17) is 11.6 Å². The molecule has 1 heterocycles. The molecule has 0 aliphatic carbocycles. The van der Waals surface area contributed by atoms with Gasteiger partial charge in [-0.2, -0.15) is 0 Å². The second kappa shape index (κ2) is 8.70. The zero-order valence-corrected chi connectivity index (χ0v) is 15.9. The van der Waals surface area contributed by atoms with Gasteiger partial charge in [-0.25, -0.2) is 4.79 Å². The standard InChI is InChI=1S/C19H17ClN4O5/c20-16-5-2-1-4-12(16)11-22-19(27)21-8-3-9-23-17(25)14-7-6-13(24(28)29)10-15(14)18(23)26/h1-2,4-7,10H,3,8-9,11H2,(H2,21,22,27). The number of carbonyl (C=O) groups excluding carboxylic acids is 3. The van der Waals surface area contributed by atoms with E-state index in [0.29, 0.717) is 11.4 Å². The lowest BCUT2D eigenvalue weighted by atomic mass is 10.1. The van der Waals surface area contributed by atoms with Gasteiger partial charge in [-0.15, -0.1) is 0 Å². The summed E-state index contributed by atoms with van der Waals surface area (Å²) in [6.07, 6.45) is 0.340. The molecule has 2 N–H and O–H groups in total. The predicted octanol–water partition coefficient (Wildman–Crippen LogP) is 2.73. The maximum Gasteiger partial charge on any atom is 0.315 e. The molecule has 0 radical (unpaired) electrons. The summed E-state index contributed by atoms with van der Waals surface area (Å²) in [5, 5.41) is 16.7. The van der Waals surface area contributed by atoms with E-state index in [1.807, 2.05) is 6.07 Å². The van der Waals surface area contributed by atoms with E-state index < -0.39 is 22.8 Å². The van der Waals surface area contributed by atoms with Crippen molar-refractivity contribution in [2.75, 3.05) is 13.1 Å². The fourth-order valence-electron chi connectivity index (χ4n) is 2.91. The normalized spacial score (nSPS) is 12.7. The lowest BCUT2D eigenvalue weighted by molar-refractivity contribution is -0.384. The molecule has 1 aliphatic heterocycles. The first-order valence-electron chi connectivity index (χ1n) is 8.78. The van der Waals surface area contributed by atoms with E-state index in [1.54, 1.807) is 18.2 Å². The van der Waals surface area contributed by atoms with Gasteiger partial charge in [0.15, 0.2) is 0 Å². The third kappa shape index (κ3) is 4.52. The van der Waals surface area contributed by atoms with Crippen LogP contribution in [0.2, 0.25) is 5.02 Å². The molecule has 4 amide bonds. The first-order valence-corrected chi connectivity index (χ1v) is 9.16. The molecule has 3 rings (SSSR count). The highest BCUT2D eigenvalue weighted by Gasteiger charge is 2.36. The summed E-state index contributed by atoms with van der Waals surface area (Å²) < 4.78 is 0. The molecule has 0 fully saturated rings. The van der Waals surface area contributed by atoms with Crippen LogP contribution in [-0.4, -0.2) is 40.8 Å². The van der Waals surface area contributed by atoms with Crippen molar-refractivity contribution in [2.45, 2.75) is 13.0 Å². The number of nitro groups is 1. The van der Waals surface area contributed by atoms with Crippen LogP contribution < -0.4 is 10.6 Å². The van der Waals surface area contributed by atoms with Crippen LogP contribution in [-0.2, 0) is 6.54 Å². The SMILES string of the molecule is O=C(NCCCN1C(=O)c2ccc([N+](=O)[O-])cc2C1=O)NCc1ccccc1Cl. The molecule has 0 spiro atoms. The molecule has 0 unspecified atom stereocenters. The number of imide groups is 1. The van der Waals surface area contributed by atoms with E-state index in [1.165, 1.54) is 12.1 Å². The number of fused-ring (bicyclic) bond motifs is 1. The summed E-state index contributed by atoms with van der Waals surface area (Å²) in [6.45, 7) is 0.593. The summed E-state index contributed by atoms with van der Waals surface area (Å²) in [6, 6.07) is 10.3. The lowest BCUT2D eigenvalue weighted by Crippen LogP contribution is -2.37. The van der Waals surface area contributed by atoms with Crippen LogP contribution in [0.5, 0.6) is 0 Å². The van der Waals surface area contributed by atoms with Gasteiger partial charge in [-0.05, 0) is 24.1 Å². The van der Waals surface area contributed by atoms with Crippen molar-refractivity contribution in [1.82, 2.24) is 15.5 Å². The number of non-ortho nitro benzene ring substituents is 1. The van der Waals surface area contributed by atoms with Gasteiger partial charge in [0.2, 0.25) is 0 Å². The second-order valence-corrected chi connectivity index (χ2v) is 6.71. The topological polar surface area (TPSA) is 122 Å². The van der Waals surface area contributed by atoms with E-state index in [2.05, 4.69) is 10.6 Å². The number of rotatable bonds is 7. The molecule has 29 heavy (non-hydrogen) atoms. The number of nitrogens with one attached hydrogen (secondary N) is 2. The van der Waals surface area contributed by atoms with Crippen LogP contribution in [0.4, 0.5) is 10.5 Å². The van der Waals surface area contributed by atoms with Crippen molar-refractivity contribution in [3.8, 4) is 0 Å². The van der Waals surface area contributed by atoms with Crippen molar-refractivity contribution < 1.29 is 19.3 Å². The summed E-state index contributed by atoms with van der Waals surface area (Å²) in [5.74, 6) is -1.07. The Hall–Kier alpha value is -3.46. The molecular weight excluding hydrogens is 400 g/mol. The largest absolute Gasteiger partial charge is 0.338 e. The van der Waals surface area contributed by atoms with E-state index in [-0.39, 0.29) is 36.4 Å². The highest BCUT2D eigenvalue weighted by Crippen LogP contribution is 2.26. The lowest BCUT2D eigenvalue weighted by Gasteiger charge is -2.14. The van der Waals surface area contributed by atoms with Crippen molar-refractivity contribution >= 4 is 35.1 Å². The quantitative estimate of drug-likeness (QED) is 0.311. The van der Waals surface area contributed by atoms with Crippen molar-refractivity contribution in [1.29, 1.82) is 0 Å². The summed E-state index contributed by atoms with van der Waals surface area (Å²) in [5.41, 5.74) is 0.703. The smallest absolute Gasteiger partial charge is 0.315 e. The van der Waals surface area contributed by atoms with Crippen LogP contribution in [0.3, 0.4) is 0 Å². The highest BCUT2D eigenvalue weighted by atomic mass is 35.5. The fourth-order valence-corrected chi connectivity index (χ4v) is 3.12. The minimum atomic E-state index is -0.619. The van der Waals surface area contributed by atoms with Crippen LogP contribution >= 0.6 is 11.6 Å². The zero-order valence-electron chi connectivity index (χ0n) is 15.2. The first kappa shape index (κ1) is 20.3. The Bertz CT molecular complexity index is 994. The average Bonchev–Trinajstić information content (AvgIpc) is 2.94. The van der Waals surface area contributed by atoms with Crippen molar-refractivity contribution in [3.05, 3.63) is 74.3 Å². The summed E-state index contributed by atoms with van der Waals surface area (Å²) >= 11 is 6.02. The van der Waals surface area contributed by atoms with Gasteiger partial charge < -0.3 is 10.6 Å². The monoisotopic (exact) mass is 416 g/mol. The number of amides is 4. The molecule has 150 valence electrons. The summed E-state index contributed by atoms with van der Waals surface area (Å²) in [4.78, 5) is 47.8. The van der Waals surface area contributed by atoms with Gasteiger partial charge in [-0.1, -0.05) is 29.8 Å². The average molecular weight is 417 g/mol. The molecule has 0 saturated heterocycles. The van der Waals surface area contributed by atoms with Crippen LogP contribution in [0.15, 0.2) is 42.5 Å². The Kier molecular flexibility index (Phi) is 6.08. The first-order chi connectivity index (χ1) is 13.9. The highest BCUT2D eigenvalue weighted by molar-refractivity contribution is 6.31. The Balaban J connectivity index is 1.46. The van der Waals surface area contributed by atoms with Gasteiger partial charge in [0, 0.05) is 36.8 Å². The maximum atomic E-state index is 12.4. The zero-order chi connectivity index (χ0) is 21.0. The molecule has 0 aromatic heterocycles. The molecule has 0 bridgehead atoms. The maximum absolute atomic E-state index is 12.4. The van der Waals surface area contributed by atoms with Crippen LogP contribution in [0.1, 0.15) is 32.7 Å². The number of hydrogen-bond acceptors (Lipinski definition) is 5.